The van der Waals surface area contributed by atoms with Gasteiger partial charge in [-0.3, -0.25) is 4.90 Å². The van der Waals surface area contributed by atoms with Crippen LogP contribution in [0.1, 0.15) is 33.3 Å². The van der Waals surface area contributed by atoms with E-state index in [2.05, 4.69) is 42.7 Å². The molecule has 6 nitrogen and oxygen atoms in total. The van der Waals surface area contributed by atoms with Gasteiger partial charge in [0.25, 0.3) is 0 Å². The van der Waals surface area contributed by atoms with Gasteiger partial charge in [0, 0.05) is 36.5 Å². The van der Waals surface area contributed by atoms with E-state index in [1.165, 1.54) is 6.20 Å². The molecule has 1 rings (SSSR count). The van der Waals surface area contributed by atoms with E-state index in [-0.39, 0.29) is 5.84 Å². The Bertz CT molecular complexity index is 421. The third-order valence-electron chi connectivity index (χ3n) is 3.07. The van der Waals surface area contributed by atoms with Gasteiger partial charge < -0.3 is 15.7 Å². The first kappa shape index (κ1) is 16.2. The zero-order valence-electron chi connectivity index (χ0n) is 12.6. The van der Waals surface area contributed by atoms with Gasteiger partial charge in [-0.25, -0.2) is 4.98 Å². The number of rotatable bonds is 7. The maximum atomic E-state index is 8.56. The Kier molecular flexibility index (Phi) is 6.24. The molecule has 0 saturated heterocycles. The Hall–Kier alpha value is -1.82. The van der Waals surface area contributed by atoms with Crippen LogP contribution in [-0.2, 0) is 0 Å². The molecule has 0 spiro atoms. The molecule has 0 aliphatic heterocycles. The molecule has 0 aliphatic rings. The van der Waals surface area contributed by atoms with Crippen molar-refractivity contribution in [2.75, 3.05) is 13.2 Å². The second-order valence-corrected chi connectivity index (χ2v) is 5.14. The molecular formula is C14H24N4O2. The van der Waals surface area contributed by atoms with Crippen molar-refractivity contribution >= 4 is 5.84 Å². The van der Waals surface area contributed by atoms with Gasteiger partial charge in [0.15, 0.2) is 5.84 Å². The summed E-state index contributed by atoms with van der Waals surface area (Å²) < 4.78 is 5.61. The highest BCUT2D eigenvalue weighted by molar-refractivity contribution is 5.96. The van der Waals surface area contributed by atoms with E-state index < -0.39 is 0 Å². The number of oxime groups is 1. The SMILES string of the molecule is CC(C)N(CCOc1ccc(/C(N)=N/O)cn1)C(C)C. The van der Waals surface area contributed by atoms with Crippen LogP contribution in [0.15, 0.2) is 23.5 Å². The maximum absolute atomic E-state index is 8.56. The Labute approximate surface area is 120 Å². The molecule has 0 unspecified atom stereocenters. The standard InChI is InChI=1S/C14H24N4O2/c1-10(2)18(11(3)4)7-8-20-13-6-5-12(9-16-13)14(15)17-19/h5-6,9-11,19H,7-8H2,1-4H3,(H2,15,17). The van der Waals surface area contributed by atoms with Gasteiger partial charge in [-0.1, -0.05) is 5.16 Å². The number of hydrogen-bond acceptors (Lipinski definition) is 5. The highest BCUT2D eigenvalue weighted by Gasteiger charge is 2.12. The van der Waals surface area contributed by atoms with Crippen LogP contribution in [0.3, 0.4) is 0 Å². The first-order chi connectivity index (χ1) is 9.45. The molecule has 0 bridgehead atoms. The predicted molar refractivity (Wildman–Crippen MR) is 79.2 cm³/mol. The monoisotopic (exact) mass is 280 g/mol. The molecule has 20 heavy (non-hydrogen) atoms. The molecule has 1 heterocycles. The van der Waals surface area contributed by atoms with Crippen molar-refractivity contribution in [2.45, 2.75) is 39.8 Å². The Morgan fingerprint density at radius 3 is 2.45 bits per heavy atom. The number of nitrogens with zero attached hydrogens (tertiary/aromatic N) is 3. The molecule has 0 aromatic carbocycles. The van der Waals surface area contributed by atoms with Gasteiger partial charge in [0.1, 0.15) is 6.61 Å². The largest absolute Gasteiger partial charge is 0.476 e. The summed E-state index contributed by atoms with van der Waals surface area (Å²) in [6.07, 6.45) is 1.52. The molecule has 1 aromatic rings. The predicted octanol–water partition coefficient (Wildman–Crippen LogP) is 1.67. The van der Waals surface area contributed by atoms with Gasteiger partial charge in [-0.05, 0) is 33.8 Å². The summed E-state index contributed by atoms with van der Waals surface area (Å²) in [7, 11) is 0. The van der Waals surface area contributed by atoms with E-state index in [9.17, 15) is 0 Å². The fourth-order valence-electron chi connectivity index (χ4n) is 2.04. The summed E-state index contributed by atoms with van der Waals surface area (Å²) in [5, 5.41) is 11.5. The highest BCUT2D eigenvalue weighted by Crippen LogP contribution is 2.09. The van der Waals surface area contributed by atoms with Crippen molar-refractivity contribution in [1.29, 1.82) is 0 Å². The van der Waals surface area contributed by atoms with Crippen LogP contribution in [0.25, 0.3) is 0 Å². The van der Waals surface area contributed by atoms with Crippen LogP contribution in [0, 0.1) is 0 Å². The molecule has 0 fully saturated rings. The van der Waals surface area contributed by atoms with Crippen molar-refractivity contribution < 1.29 is 9.94 Å². The van der Waals surface area contributed by atoms with Crippen molar-refractivity contribution in [2.24, 2.45) is 10.9 Å². The van der Waals surface area contributed by atoms with Gasteiger partial charge in [-0.15, -0.1) is 0 Å². The minimum Gasteiger partial charge on any atom is -0.476 e. The fraction of sp³-hybridized carbons (Fsp3) is 0.571. The van der Waals surface area contributed by atoms with E-state index in [1.54, 1.807) is 12.1 Å². The van der Waals surface area contributed by atoms with Crippen molar-refractivity contribution in [1.82, 2.24) is 9.88 Å². The topological polar surface area (TPSA) is 84.0 Å². The minimum absolute atomic E-state index is 0.0369. The Morgan fingerprint density at radius 1 is 1.35 bits per heavy atom. The first-order valence-corrected chi connectivity index (χ1v) is 6.78. The van der Waals surface area contributed by atoms with Gasteiger partial charge in [0.2, 0.25) is 5.88 Å². The summed E-state index contributed by atoms with van der Waals surface area (Å²) in [5.74, 6) is 0.571. The zero-order chi connectivity index (χ0) is 15.1. The molecule has 6 heteroatoms. The van der Waals surface area contributed by atoms with Crippen molar-refractivity contribution in [3.8, 4) is 5.88 Å². The molecular weight excluding hydrogens is 256 g/mol. The molecule has 0 atom stereocenters. The fourth-order valence-corrected chi connectivity index (χ4v) is 2.04. The average molecular weight is 280 g/mol. The van der Waals surface area contributed by atoms with E-state index in [0.717, 1.165) is 6.54 Å². The second-order valence-electron chi connectivity index (χ2n) is 5.14. The van der Waals surface area contributed by atoms with Gasteiger partial charge >= 0.3 is 0 Å². The lowest BCUT2D eigenvalue weighted by atomic mass is 10.2. The molecule has 3 N–H and O–H groups in total. The number of aromatic nitrogens is 1. The van der Waals surface area contributed by atoms with Crippen molar-refractivity contribution in [3.63, 3.8) is 0 Å². The lowest BCUT2D eigenvalue weighted by Crippen LogP contribution is -2.39. The average Bonchev–Trinajstić information content (AvgIpc) is 2.42. The van der Waals surface area contributed by atoms with Crippen LogP contribution < -0.4 is 10.5 Å². The van der Waals surface area contributed by atoms with Crippen molar-refractivity contribution in [3.05, 3.63) is 23.9 Å². The lowest BCUT2D eigenvalue weighted by molar-refractivity contribution is 0.140. The molecule has 112 valence electrons. The second kappa shape index (κ2) is 7.69. The summed E-state index contributed by atoms with van der Waals surface area (Å²) in [5.41, 5.74) is 6.02. The van der Waals surface area contributed by atoms with E-state index in [0.29, 0.717) is 30.1 Å². The van der Waals surface area contributed by atoms with Crippen LogP contribution in [0.2, 0.25) is 0 Å². The molecule has 0 saturated carbocycles. The quantitative estimate of drug-likeness (QED) is 0.343. The summed E-state index contributed by atoms with van der Waals surface area (Å²) in [4.78, 5) is 6.47. The normalized spacial score (nSPS) is 12.4. The lowest BCUT2D eigenvalue weighted by Gasteiger charge is -2.30. The van der Waals surface area contributed by atoms with Gasteiger partial charge in [0.05, 0.1) is 0 Å². The summed E-state index contributed by atoms with van der Waals surface area (Å²) >= 11 is 0. The van der Waals surface area contributed by atoms with E-state index >= 15 is 0 Å². The molecule has 0 aliphatic carbocycles. The van der Waals surface area contributed by atoms with E-state index in [1.807, 2.05) is 0 Å². The molecule has 0 radical (unpaired) electrons. The highest BCUT2D eigenvalue weighted by atomic mass is 16.5. The third kappa shape index (κ3) is 4.70. The number of hydrogen-bond donors (Lipinski definition) is 2. The third-order valence-corrected chi connectivity index (χ3v) is 3.07. The first-order valence-electron chi connectivity index (χ1n) is 6.78. The molecule has 0 amide bonds. The Morgan fingerprint density at radius 2 is 2.00 bits per heavy atom. The van der Waals surface area contributed by atoms with Crippen LogP contribution >= 0.6 is 0 Å². The number of ether oxygens (including phenoxy) is 1. The number of amidine groups is 1. The van der Waals surface area contributed by atoms with Crippen LogP contribution in [0.4, 0.5) is 0 Å². The minimum atomic E-state index is 0.0369. The van der Waals surface area contributed by atoms with Gasteiger partial charge in [-0.2, -0.15) is 0 Å². The Balaban J connectivity index is 2.50. The number of pyridine rings is 1. The smallest absolute Gasteiger partial charge is 0.213 e. The van der Waals surface area contributed by atoms with Crippen LogP contribution in [0.5, 0.6) is 5.88 Å². The molecule has 1 aromatic heterocycles. The summed E-state index contributed by atoms with van der Waals surface area (Å²) in [6, 6.07) is 4.38. The van der Waals surface area contributed by atoms with Crippen LogP contribution in [-0.4, -0.2) is 46.2 Å². The van der Waals surface area contributed by atoms with E-state index in [4.69, 9.17) is 15.7 Å². The number of nitrogens with two attached hydrogens (primary N) is 1. The maximum Gasteiger partial charge on any atom is 0.213 e. The zero-order valence-corrected chi connectivity index (χ0v) is 12.6. The summed E-state index contributed by atoms with van der Waals surface area (Å²) in [6.45, 7) is 10.1.